The van der Waals surface area contributed by atoms with Crippen LogP contribution in [0, 0.1) is 0 Å². The van der Waals surface area contributed by atoms with Gasteiger partial charge < -0.3 is 10.1 Å². The summed E-state index contributed by atoms with van der Waals surface area (Å²) in [5.41, 5.74) is 1.25. The molecule has 2 rings (SSSR count). The molecule has 1 fully saturated rings. The van der Waals surface area contributed by atoms with Gasteiger partial charge in [0.15, 0.2) is 0 Å². The fourth-order valence-corrected chi connectivity index (χ4v) is 3.18. The minimum Gasteiger partial charge on any atom is -0.375 e. The van der Waals surface area contributed by atoms with Crippen molar-refractivity contribution in [2.45, 2.75) is 39.0 Å². The second kappa shape index (κ2) is 7.16. The summed E-state index contributed by atoms with van der Waals surface area (Å²) in [6, 6.07) is 0.272. The van der Waals surface area contributed by atoms with Crippen molar-refractivity contribution >= 4 is 11.8 Å². The molecule has 18 heavy (non-hydrogen) atoms. The Balaban J connectivity index is 2.06. The van der Waals surface area contributed by atoms with E-state index in [2.05, 4.69) is 30.5 Å². The third-order valence-corrected chi connectivity index (χ3v) is 4.12. The third-order valence-electron chi connectivity index (χ3n) is 3.10. The van der Waals surface area contributed by atoms with Crippen LogP contribution in [0.5, 0.6) is 0 Å². The van der Waals surface area contributed by atoms with E-state index >= 15 is 0 Å². The number of likely N-dealkylation sites (N-methyl/N-ethyl adjacent to an activating group) is 1. The molecule has 0 saturated carbocycles. The standard InChI is InChI=1S/C13H23N3OS/c1-3-5-16-9-11(8-15-16)13(14-4-2)12-10-18-7-6-17-12/h8-9,12-14H,3-7,10H2,1-2H3. The van der Waals surface area contributed by atoms with Crippen LogP contribution in [0.15, 0.2) is 12.4 Å². The van der Waals surface area contributed by atoms with Crippen molar-refractivity contribution in [1.82, 2.24) is 15.1 Å². The van der Waals surface area contributed by atoms with E-state index in [1.807, 2.05) is 22.6 Å². The summed E-state index contributed by atoms with van der Waals surface area (Å²) < 4.78 is 7.92. The number of ether oxygens (including phenoxy) is 1. The molecule has 0 aromatic carbocycles. The highest BCUT2D eigenvalue weighted by Crippen LogP contribution is 2.25. The molecule has 2 atom stereocenters. The number of thioether (sulfide) groups is 1. The molecular weight excluding hydrogens is 246 g/mol. The molecule has 1 saturated heterocycles. The largest absolute Gasteiger partial charge is 0.375 e. The zero-order valence-corrected chi connectivity index (χ0v) is 12.1. The summed E-state index contributed by atoms with van der Waals surface area (Å²) in [7, 11) is 0. The molecule has 0 radical (unpaired) electrons. The lowest BCUT2D eigenvalue weighted by Gasteiger charge is -2.30. The van der Waals surface area contributed by atoms with E-state index in [-0.39, 0.29) is 12.1 Å². The summed E-state index contributed by atoms with van der Waals surface area (Å²) in [6.07, 6.45) is 5.51. The van der Waals surface area contributed by atoms with Crippen molar-refractivity contribution in [3.63, 3.8) is 0 Å². The van der Waals surface area contributed by atoms with Crippen molar-refractivity contribution in [2.24, 2.45) is 0 Å². The number of aromatic nitrogens is 2. The molecule has 0 bridgehead atoms. The summed E-state index contributed by atoms with van der Waals surface area (Å²) in [4.78, 5) is 0. The number of rotatable bonds is 6. The topological polar surface area (TPSA) is 39.1 Å². The number of nitrogens with zero attached hydrogens (tertiary/aromatic N) is 2. The second-order valence-corrected chi connectivity index (χ2v) is 5.71. The number of aryl methyl sites for hydroxylation is 1. The maximum Gasteiger partial charge on any atom is 0.0861 e. The summed E-state index contributed by atoms with van der Waals surface area (Å²) in [5.74, 6) is 2.18. The zero-order chi connectivity index (χ0) is 12.8. The fourth-order valence-electron chi connectivity index (χ4n) is 2.27. The van der Waals surface area contributed by atoms with Gasteiger partial charge in [0.25, 0.3) is 0 Å². The van der Waals surface area contributed by atoms with Gasteiger partial charge in [0.1, 0.15) is 0 Å². The van der Waals surface area contributed by atoms with Gasteiger partial charge in [-0.1, -0.05) is 13.8 Å². The van der Waals surface area contributed by atoms with Crippen LogP contribution in [0.4, 0.5) is 0 Å². The first-order chi connectivity index (χ1) is 8.85. The van der Waals surface area contributed by atoms with Crippen LogP contribution in [-0.2, 0) is 11.3 Å². The number of nitrogens with one attached hydrogen (secondary N) is 1. The highest BCUT2D eigenvalue weighted by molar-refractivity contribution is 7.99. The van der Waals surface area contributed by atoms with Gasteiger partial charge >= 0.3 is 0 Å². The first-order valence-electron chi connectivity index (χ1n) is 6.80. The maximum absolute atomic E-state index is 5.90. The monoisotopic (exact) mass is 269 g/mol. The predicted octanol–water partition coefficient (Wildman–Crippen LogP) is 2.08. The Morgan fingerprint density at radius 2 is 2.50 bits per heavy atom. The van der Waals surface area contributed by atoms with E-state index in [4.69, 9.17) is 4.74 Å². The van der Waals surface area contributed by atoms with Gasteiger partial charge in [-0.15, -0.1) is 0 Å². The Kier molecular flexibility index (Phi) is 5.53. The normalized spacial score (nSPS) is 22.0. The zero-order valence-electron chi connectivity index (χ0n) is 11.3. The molecule has 1 N–H and O–H groups in total. The summed E-state index contributed by atoms with van der Waals surface area (Å²) in [5, 5.41) is 7.95. The van der Waals surface area contributed by atoms with Crippen LogP contribution >= 0.6 is 11.8 Å². The maximum atomic E-state index is 5.90. The third kappa shape index (κ3) is 3.49. The van der Waals surface area contributed by atoms with Gasteiger partial charge in [-0.05, 0) is 13.0 Å². The molecule has 1 aromatic heterocycles. The number of hydrogen-bond donors (Lipinski definition) is 1. The van der Waals surface area contributed by atoms with Crippen molar-refractivity contribution in [2.75, 3.05) is 24.7 Å². The average molecular weight is 269 g/mol. The molecule has 5 heteroatoms. The van der Waals surface area contributed by atoms with Crippen LogP contribution in [0.3, 0.4) is 0 Å². The average Bonchev–Trinajstić information content (AvgIpc) is 2.86. The van der Waals surface area contributed by atoms with E-state index in [9.17, 15) is 0 Å². The molecule has 1 aliphatic rings. The van der Waals surface area contributed by atoms with Crippen LogP contribution in [0.1, 0.15) is 31.9 Å². The second-order valence-electron chi connectivity index (χ2n) is 4.56. The van der Waals surface area contributed by atoms with E-state index in [1.165, 1.54) is 5.56 Å². The van der Waals surface area contributed by atoms with E-state index in [1.54, 1.807) is 0 Å². The Morgan fingerprint density at radius 3 is 3.17 bits per heavy atom. The van der Waals surface area contributed by atoms with Crippen LogP contribution < -0.4 is 5.32 Å². The van der Waals surface area contributed by atoms with Gasteiger partial charge in [0.2, 0.25) is 0 Å². The molecule has 0 spiro atoms. The van der Waals surface area contributed by atoms with Gasteiger partial charge in [0, 0.05) is 29.8 Å². The lowest BCUT2D eigenvalue weighted by molar-refractivity contribution is 0.0472. The van der Waals surface area contributed by atoms with Crippen molar-refractivity contribution in [1.29, 1.82) is 0 Å². The molecular formula is C13H23N3OS. The van der Waals surface area contributed by atoms with Crippen molar-refractivity contribution < 1.29 is 4.74 Å². The molecule has 1 aromatic rings. The van der Waals surface area contributed by atoms with Crippen LogP contribution in [0.2, 0.25) is 0 Å². The van der Waals surface area contributed by atoms with Gasteiger partial charge in [-0.3, -0.25) is 4.68 Å². The molecule has 4 nitrogen and oxygen atoms in total. The quantitative estimate of drug-likeness (QED) is 0.858. The van der Waals surface area contributed by atoms with E-state index in [0.717, 1.165) is 37.6 Å². The molecule has 1 aliphatic heterocycles. The molecule has 102 valence electrons. The highest BCUT2D eigenvalue weighted by atomic mass is 32.2. The molecule has 0 aliphatic carbocycles. The summed E-state index contributed by atoms with van der Waals surface area (Å²) >= 11 is 1.98. The van der Waals surface area contributed by atoms with Crippen LogP contribution in [0.25, 0.3) is 0 Å². The SMILES string of the molecule is CCCn1cc(C(NCC)C2CSCCO2)cn1. The predicted molar refractivity (Wildman–Crippen MR) is 76.0 cm³/mol. The lowest BCUT2D eigenvalue weighted by Crippen LogP contribution is -2.37. The first kappa shape index (κ1) is 13.9. The Morgan fingerprint density at radius 1 is 1.61 bits per heavy atom. The minimum atomic E-state index is 0.267. The fraction of sp³-hybridized carbons (Fsp3) is 0.769. The Hall–Kier alpha value is -0.520. The van der Waals surface area contributed by atoms with Gasteiger partial charge in [-0.25, -0.2) is 0 Å². The molecule has 2 unspecified atom stereocenters. The van der Waals surface area contributed by atoms with E-state index < -0.39 is 0 Å². The van der Waals surface area contributed by atoms with E-state index in [0.29, 0.717) is 0 Å². The highest BCUT2D eigenvalue weighted by Gasteiger charge is 2.26. The smallest absolute Gasteiger partial charge is 0.0861 e. The summed E-state index contributed by atoms with van der Waals surface area (Å²) in [6.45, 7) is 7.11. The number of hydrogen-bond acceptors (Lipinski definition) is 4. The molecule has 0 amide bonds. The molecule has 2 heterocycles. The van der Waals surface area contributed by atoms with Crippen molar-refractivity contribution in [3.05, 3.63) is 18.0 Å². The van der Waals surface area contributed by atoms with Crippen LogP contribution in [-0.4, -0.2) is 40.5 Å². The van der Waals surface area contributed by atoms with Crippen molar-refractivity contribution in [3.8, 4) is 0 Å². The van der Waals surface area contributed by atoms with Gasteiger partial charge in [0.05, 0.1) is 24.9 Å². The lowest BCUT2D eigenvalue weighted by atomic mass is 10.1. The Labute approximate surface area is 113 Å². The minimum absolute atomic E-state index is 0.267. The Bertz CT molecular complexity index is 350. The van der Waals surface area contributed by atoms with Gasteiger partial charge in [-0.2, -0.15) is 16.9 Å². The first-order valence-corrected chi connectivity index (χ1v) is 7.95.